The molecule has 8 nitrogen and oxygen atoms in total. The van der Waals surface area contributed by atoms with Crippen molar-refractivity contribution in [1.29, 1.82) is 5.41 Å². The summed E-state index contributed by atoms with van der Waals surface area (Å²) in [4.78, 5) is 33.4. The van der Waals surface area contributed by atoms with Gasteiger partial charge in [-0.3, -0.25) is 15.0 Å². The van der Waals surface area contributed by atoms with Crippen molar-refractivity contribution in [3.63, 3.8) is 0 Å². The normalized spacial score (nSPS) is 15.6. The second-order valence-electron chi connectivity index (χ2n) is 12.4. The van der Waals surface area contributed by atoms with Crippen LogP contribution < -0.4 is 15.0 Å². The molecule has 3 aromatic carbocycles. The van der Waals surface area contributed by atoms with Gasteiger partial charge in [0.15, 0.2) is 0 Å². The third kappa shape index (κ3) is 9.12. The lowest BCUT2D eigenvalue weighted by Gasteiger charge is -2.29. The molecule has 0 fully saturated rings. The molecule has 2 unspecified atom stereocenters. The Morgan fingerprint density at radius 3 is 2.41 bits per heavy atom. The van der Waals surface area contributed by atoms with E-state index >= 15 is 0 Å². The van der Waals surface area contributed by atoms with Crippen LogP contribution >= 0.6 is 0 Å². The van der Waals surface area contributed by atoms with E-state index in [9.17, 15) is 14.0 Å². The topological polar surface area (TPSA) is 104 Å². The maximum Gasteiger partial charge on any atom is 0.412 e. The first-order valence-corrected chi connectivity index (χ1v) is 15.7. The van der Waals surface area contributed by atoms with Crippen LogP contribution in [0.1, 0.15) is 66.4 Å². The molecule has 0 aliphatic carbocycles. The van der Waals surface area contributed by atoms with Crippen molar-refractivity contribution in [3.05, 3.63) is 95.6 Å². The van der Waals surface area contributed by atoms with Crippen LogP contribution in [0.2, 0.25) is 0 Å². The number of halogens is 1. The number of benzene rings is 3. The van der Waals surface area contributed by atoms with Crippen molar-refractivity contribution in [2.75, 3.05) is 10.2 Å². The SMILES string of the molecule is CCC1C=NC(N(C(=O)C(CC)Cc2ccc(Oc3cccc(F)c3)cc2)c2cccc(NC(=O)OC(C)(C)C)c2)=C(C)C(=N)C1. The Kier molecular flexibility index (Phi) is 11.1. The average molecular weight is 627 g/mol. The van der Waals surface area contributed by atoms with Crippen LogP contribution in [0.25, 0.3) is 0 Å². The molecular formula is C37H43FN4O4. The number of rotatable bonds is 10. The van der Waals surface area contributed by atoms with Gasteiger partial charge < -0.3 is 14.9 Å². The quantitative estimate of drug-likeness (QED) is 0.234. The molecule has 0 bridgehead atoms. The van der Waals surface area contributed by atoms with Crippen LogP contribution in [-0.4, -0.2) is 29.5 Å². The highest BCUT2D eigenvalue weighted by molar-refractivity contribution is 6.05. The van der Waals surface area contributed by atoms with Gasteiger partial charge >= 0.3 is 6.09 Å². The number of allylic oxidation sites excluding steroid dienone is 1. The lowest BCUT2D eigenvalue weighted by atomic mass is 9.94. The molecule has 1 heterocycles. The minimum absolute atomic E-state index is 0.0900. The van der Waals surface area contributed by atoms with Gasteiger partial charge in [-0.1, -0.05) is 38.1 Å². The van der Waals surface area contributed by atoms with Crippen molar-refractivity contribution in [2.24, 2.45) is 16.8 Å². The smallest absolute Gasteiger partial charge is 0.412 e. The number of hydrogen-bond acceptors (Lipinski definition) is 6. The van der Waals surface area contributed by atoms with E-state index in [1.54, 1.807) is 74.2 Å². The zero-order valence-corrected chi connectivity index (χ0v) is 27.4. The molecule has 3 aromatic rings. The van der Waals surface area contributed by atoms with Crippen molar-refractivity contribution in [3.8, 4) is 11.5 Å². The van der Waals surface area contributed by atoms with Gasteiger partial charge in [0.05, 0.1) is 5.69 Å². The van der Waals surface area contributed by atoms with Gasteiger partial charge in [-0.25, -0.2) is 14.2 Å². The molecule has 2 N–H and O–H groups in total. The van der Waals surface area contributed by atoms with Crippen LogP contribution in [-0.2, 0) is 16.0 Å². The maximum absolute atomic E-state index is 14.5. The maximum atomic E-state index is 14.5. The fraction of sp³-hybridized carbons (Fsp3) is 0.351. The number of ether oxygens (including phenoxy) is 2. The summed E-state index contributed by atoms with van der Waals surface area (Å²) in [5, 5.41) is 11.5. The molecule has 46 heavy (non-hydrogen) atoms. The van der Waals surface area contributed by atoms with Gasteiger partial charge in [0.1, 0.15) is 28.7 Å². The summed E-state index contributed by atoms with van der Waals surface area (Å²) in [6.07, 6.45) is 3.60. The van der Waals surface area contributed by atoms with Crippen LogP contribution in [0.15, 0.2) is 89.2 Å². The summed E-state index contributed by atoms with van der Waals surface area (Å²) < 4.78 is 24.8. The number of aliphatic imine (C=N–C) groups is 1. The number of nitrogens with zero attached hydrogens (tertiary/aromatic N) is 2. The molecule has 0 radical (unpaired) electrons. The van der Waals surface area contributed by atoms with Gasteiger partial charge in [0.2, 0.25) is 5.91 Å². The molecule has 4 rings (SSSR count). The summed E-state index contributed by atoms with van der Waals surface area (Å²) in [6.45, 7) is 11.2. The van der Waals surface area contributed by atoms with Crippen molar-refractivity contribution < 1.29 is 23.5 Å². The summed E-state index contributed by atoms with van der Waals surface area (Å²) in [7, 11) is 0. The zero-order chi connectivity index (χ0) is 33.4. The number of amides is 2. The molecular weight excluding hydrogens is 583 g/mol. The Hall–Kier alpha value is -4.79. The Labute approximate surface area is 270 Å². The minimum atomic E-state index is -0.672. The van der Waals surface area contributed by atoms with E-state index in [4.69, 9.17) is 19.9 Å². The lowest BCUT2D eigenvalue weighted by Crippen LogP contribution is -2.37. The lowest BCUT2D eigenvalue weighted by molar-refractivity contribution is -0.122. The molecule has 0 saturated heterocycles. The predicted octanol–water partition coefficient (Wildman–Crippen LogP) is 9.32. The molecule has 242 valence electrons. The fourth-order valence-corrected chi connectivity index (χ4v) is 5.08. The number of hydrogen-bond donors (Lipinski definition) is 2. The molecule has 1 aliphatic heterocycles. The second kappa shape index (κ2) is 15.0. The van der Waals surface area contributed by atoms with Crippen molar-refractivity contribution >= 4 is 35.3 Å². The van der Waals surface area contributed by atoms with Crippen molar-refractivity contribution in [2.45, 2.75) is 72.8 Å². The van der Waals surface area contributed by atoms with Crippen LogP contribution in [0.5, 0.6) is 11.5 Å². The second-order valence-corrected chi connectivity index (χ2v) is 12.4. The standard InChI is InChI=1S/C37H43FN4O4/c1-7-25-20-33(39)24(3)34(40-23-25)42(30-13-10-12-29(22-30)41-36(44)46-37(4,5)6)35(43)27(8-2)19-26-15-17-31(18-16-26)45-32-14-9-11-28(38)21-32/h9-18,21-23,25,27,39H,7-8,19-20H2,1-6H3,(H,41,44). The third-order valence-corrected chi connectivity index (χ3v) is 7.65. The minimum Gasteiger partial charge on any atom is -0.457 e. The van der Waals surface area contributed by atoms with E-state index in [0.29, 0.717) is 59.2 Å². The Bertz CT molecular complexity index is 1620. The molecule has 0 aromatic heterocycles. The first kappa shape index (κ1) is 34.1. The van der Waals surface area contributed by atoms with Gasteiger partial charge in [-0.05, 0) is 107 Å². The van der Waals surface area contributed by atoms with Crippen LogP contribution in [0, 0.1) is 23.1 Å². The Morgan fingerprint density at radius 1 is 1.04 bits per heavy atom. The largest absolute Gasteiger partial charge is 0.457 e. The molecule has 2 amide bonds. The average Bonchev–Trinajstić information content (AvgIpc) is 3.14. The first-order chi connectivity index (χ1) is 21.9. The van der Waals surface area contributed by atoms with Crippen LogP contribution in [0.3, 0.4) is 0 Å². The number of nitrogens with one attached hydrogen (secondary N) is 2. The highest BCUT2D eigenvalue weighted by Crippen LogP contribution is 2.32. The van der Waals surface area contributed by atoms with E-state index in [1.807, 2.05) is 32.2 Å². The van der Waals surface area contributed by atoms with Gasteiger partial charge in [-0.2, -0.15) is 0 Å². The van der Waals surface area contributed by atoms with E-state index in [0.717, 1.165) is 12.0 Å². The van der Waals surface area contributed by atoms with Crippen LogP contribution in [0.4, 0.5) is 20.6 Å². The molecule has 0 spiro atoms. The summed E-state index contributed by atoms with van der Waals surface area (Å²) >= 11 is 0. The highest BCUT2D eigenvalue weighted by Gasteiger charge is 2.31. The van der Waals surface area contributed by atoms with Gasteiger partial charge in [0, 0.05) is 35.2 Å². The summed E-state index contributed by atoms with van der Waals surface area (Å²) in [6, 6.07) is 20.4. The zero-order valence-electron chi connectivity index (χ0n) is 27.4. The summed E-state index contributed by atoms with van der Waals surface area (Å²) in [5.41, 5.74) is 2.30. The van der Waals surface area contributed by atoms with E-state index in [1.165, 1.54) is 12.1 Å². The number of anilines is 2. The summed E-state index contributed by atoms with van der Waals surface area (Å²) in [5.74, 6) is 0.473. The third-order valence-electron chi connectivity index (χ3n) is 7.65. The molecule has 0 saturated carbocycles. The Morgan fingerprint density at radius 2 is 1.76 bits per heavy atom. The van der Waals surface area contributed by atoms with Crippen molar-refractivity contribution in [1.82, 2.24) is 0 Å². The van der Waals surface area contributed by atoms with Gasteiger partial charge in [0.25, 0.3) is 0 Å². The number of carbonyl (C=O) groups excluding carboxylic acids is 2. The highest BCUT2D eigenvalue weighted by atomic mass is 19.1. The van der Waals surface area contributed by atoms with E-state index < -0.39 is 17.6 Å². The fourth-order valence-electron chi connectivity index (χ4n) is 5.08. The monoisotopic (exact) mass is 626 g/mol. The van der Waals surface area contributed by atoms with E-state index in [2.05, 4.69) is 12.2 Å². The molecule has 1 aliphatic rings. The van der Waals surface area contributed by atoms with Gasteiger partial charge in [-0.15, -0.1) is 0 Å². The van der Waals surface area contributed by atoms with E-state index in [-0.39, 0.29) is 17.6 Å². The Balaban J connectivity index is 1.65. The molecule has 2 atom stereocenters. The predicted molar refractivity (Wildman–Crippen MR) is 182 cm³/mol. The first-order valence-electron chi connectivity index (χ1n) is 15.7. The molecule has 9 heteroatoms. The number of carbonyl (C=O) groups is 2.